The summed E-state index contributed by atoms with van der Waals surface area (Å²) in [4.78, 5) is 16.7. The molecule has 0 radical (unpaired) electrons. The van der Waals surface area contributed by atoms with Crippen LogP contribution in [0.4, 0.5) is 22.5 Å². The van der Waals surface area contributed by atoms with Crippen molar-refractivity contribution in [1.82, 2.24) is 14.9 Å². The molecule has 1 unspecified atom stereocenters. The SMILES string of the molecule is C=Nc1cc(Nc2ncc(CO)s2)nc(NC2C[C@H]3CC[C@@H](C2)N3CCC#N)c1/C=C\C. The number of fused-ring (bicyclic) bond motifs is 2. The molecular formula is C23H29N7OS. The molecule has 2 fully saturated rings. The lowest BCUT2D eigenvalue weighted by molar-refractivity contribution is 0.135. The van der Waals surface area contributed by atoms with Gasteiger partial charge < -0.3 is 15.7 Å². The first-order valence-corrected chi connectivity index (χ1v) is 11.8. The lowest BCUT2D eigenvalue weighted by Gasteiger charge is -2.39. The third kappa shape index (κ3) is 4.83. The third-order valence-corrected chi connectivity index (χ3v) is 7.09. The van der Waals surface area contributed by atoms with E-state index < -0.39 is 0 Å². The van der Waals surface area contributed by atoms with Gasteiger partial charge in [0.25, 0.3) is 0 Å². The van der Waals surface area contributed by atoms with Gasteiger partial charge in [0.2, 0.25) is 0 Å². The molecule has 0 saturated carbocycles. The van der Waals surface area contributed by atoms with E-state index in [2.05, 4.69) is 38.3 Å². The minimum atomic E-state index is -0.0331. The Morgan fingerprint density at radius 1 is 1.41 bits per heavy atom. The number of hydrogen-bond acceptors (Lipinski definition) is 9. The van der Waals surface area contributed by atoms with Gasteiger partial charge >= 0.3 is 0 Å². The summed E-state index contributed by atoms with van der Waals surface area (Å²) in [6.07, 6.45) is 10.7. The van der Waals surface area contributed by atoms with Crippen molar-refractivity contribution in [2.45, 2.75) is 63.8 Å². The molecule has 2 aromatic heterocycles. The summed E-state index contributed by atoms with van der Waals surface area (Å²) in [6, 6.07) is 5.51. The molecule has 2 aliphatic rings. The number of rotatable bonds is 9. The average Bonchev–Trinajstić information content (AvgIpc) is 3.34. The van der Waals surface area contributed by atoms with E-state index in [9.17, 15) is 5.11 Å². The van der Waals surface area contributed by atoms with Crippen LogP contribution in [0.15, 0.2) is 23.3 Å². The number of thiazole rings is 1. The highest BCUT2D eigenvalue weighted by atomic mass is 32.1. The minimum absolute atomic E-state index is 0.0331. The highest BCUT2D eigenvalue weighted by Crippen LogP contribution is 2.38. The zero-order valence-corrected chi connectivity index (χ0v) is 19.1. The first-order chi connectivity index (χ1) is 15.6. The number of anilines is 3. The number of aliphatic hydroxyl groups excluding tert-OH is 1. The maximum Gasteiger partial charge on any atom is 0.188 e. The van der Waals surface area contributed by atoms with Gasteiger partial charge in [-0.1, -0.05) is 23.5 Å². The summed E-state index contributed by atoms with van der Waals surface area (Å²) < 4.78 is 0. The molecule has 168 valence electrons. The van der Waals surface area contributed by atoms with Gasteiger partial charge in [-0.2, -0.15) is 5.26 Å². The molecule has 3 N–H and O–H groups in total. The molecule has 2 aromatic rings. The molecular weight excluding hydrogens is 422 g/mol. The van der Waals surface area contributed by atoms with Gasteiger partial charge in [0.05, 0.1) is 23.2 Å². The quantitative estimate of drug-likeness (QED) is 0.483. The number of piperidine rings is 1. The molecule has 32 heavy (non-hydrogen) atoms. The molecule has 0 spiro atoms. The second kappa shape index (κ2) is 10.2. The first-order valence-electron chi connectivity index (χ1n) is 11.0. The summed E-state index contributed by atoms with van der Waals surface area (Å²) in [7, 11) is 0. The number of nitriles is 1. The molecule has 2 bridgehead atoms. The summed E-state index contributed by atoms with van der Waals surface area (Å²) >= 11 is 1.39. The molecule has 0 aliphatic carbocycles. The van der Waals surface area contributed by atoms with E-state index in [1.165, 1.54) is 24.2 Å². The highest BCUT2D eigenvalue weighted by Gasteiger charge is 2.40. The number of nitrogens with one attached hydrogen (secondary N) is 2. The Kier molecular flexibility index (Phi) is 7.15. The van der Waals surface area contributed by atoms with E-state index >= 15 is 0 Å². The van der Waals surface area contributed by atoms with Crippen molar-refractivity contribution in [2.24, 2.45) is 4.99 Å². The van der Waals surface area contributed by atoms with E-state index in [0.717, 1.165) is 41.3 Å². The van der Waals surface area contributed by atoms with Crippen LogP contribution in [0.1, 0.15) is 49.5 Å². The van der Waals surface area contributed by atoms with E-state index in [4.69, 9.17) is 10.2 Å². The summed E-state index contributed by atoms with van der Waals surface area (Å²) in [5, 5.41) is 25.9. The Bertz CT molecular complexity index is 1010. The number of aliphatic imine (C=N–C) groups is 1. The van der Waals surface area contributed by atoms with Crippen LogP contribution >= 0.6 is 11.3 Å². The van der Waals surface area contributed by atoms with Crippen LogP contribution in [0.3, 0.4) is 0 Å². The fourth-order valence-electron chi connectivity index (χ4n) is 4.85. The number of nitrogens with zero attached hydrogens (tertiary/aromatic N) is 5. The zero-order valence-electron chi connectivity index (χ0n) is 18.3. The predicted octanol–water partition coefficient (Wildman–Crippen LogP) is 4.46. The normalized spacial score (nSPS) is 22.7. The third-order valence-electron chi connectivity index (χ3n) is 6.19. The van der Waals surface area contributed by atoms with Crippen molar-refractivity contribution in [3.05, 3.63) is 28.8 Å². The summed E-state index contributed by atoms with van der Waals surface area (Å²) in [5.74, 6) is 1.42. The van der Waals surface area contributed by atoms with E-state index in [0.29, 0.717) is 35.5 Å². The smallest absolute Gasteiger partial charge is 0.188 e. The van der Waals surface area contributed by atoms with Crippen LogP contribution in [0.25, 0.3) is 6.08 Å². The van der Waals surface area contributed by atoms with E-state index in [1.54, 1.807) is 6.20 Å². The number of hydrogen-bond donors (Lipinski definition) is 3. The lowest BCUT2D eigenvalue weighted by Crippen LogP contribution is -2.47. The molecule has 0 amide bonds. The van der Waals surface area contributed by atoms with Gasteiger partial charge in [-0.05, 0) is 39.3 Å². The molecule has 4 heterocycles. The summed E-state index contributed by atoms with van der Waals surface area (Å²) in [6.45, 7) is 6.56. The Morgan fingerprint density at radius 3 is 2.81 bits per heavy atom. The molecule has 2 aliphatic heterocycles. The van der Waals surface area contributed by atoms with Crippen molar-refractivity contribution in [2.75, 3.05) is 17.2 Å². The van der Waals surface area contributed by atoms with Crippen LogP contribution < -0.4 is 10.6 Å². The van der Waals surface area contributed by atoms with Gasteiger partial charge in [0, 0.05) is 48.9 Å². The van der Waals surface area contributed by atoms with Gasteiger partial charge in [-0.15, -0.1) is 0 Å². The molecule has 8 nitrogen and oxygen atoms in total. The number of allylic oxidation sites excluding steroid dienone is 1. The standard InChI is InChI=1S/C23H29N7OS/c1-3-5-19-20(25-2)12-21(29-23-26-13-18(14-31)32-23)28-22(19)27-15-10-16-6-7-17(11-15)30(16)9-4-8-24/h3,5,12-13,15-17,31H,2,4,6-7,9-11,14H2,1H3,(H2,26,27,28,29)/b5-3-/t15?,16-,17+. The van der Waals surface area contributed by atoms with Crippen LogP contribution in [0.5, 0.6) is 0 Å². The molecule has 3 atom stereocenters. The van der Waals surface area contributed by atoms with Crippen LogP contribution in [0, 0.1) is 11.3 Å². The number of aliphatic hydroxyl groups is 1. The Labute approximate surface area is 192 Å². The van der Waals surface area contributed by atoms with Crippen LogP contribution in [0.2, 0.25) is 0 Å². The topological polar surface area (TPSA) is 109 Å². The van der Waals surface area contributed by atoms with Crippen molar-refractivity contribution in [1.29, 1.82) is 5.26 Å². The van der Waals surface area contributed by atoms with Crippen molar-refractivity contribution >= 4 is 46.6 Å². The van der Waals surface area contributed by atoms with Crippen molar-refractivity contribution < 1.29 is 5.11 Å². The predicted molar refractivity (Wildman–Crippen MR) is 130 cm³/mol. The van der Waals surface area contributed by atoms with Gasteiger partial charge in [-0.3, -0.25) is 9.89 Å². The lowest BCUT2D eigenvalue weighted by atomic mass is 9.96. The van der Waals surface area contributed by atoms with Crippen LogP contribution in [-0.2, 0) is 6.61 Å². The van der Waals surface area contributed by atoms with E-state index in [-0.39, 0.29) is 6.61 Å². The Hall–Kier alpha value is -2.80. The second-order valence-corrected chi connectivity index (χ2v) is 9.32. The average molecular weight is 452 g/mol. The summed E-state index contributed by atoms with van der Waals surface area (Å²) in [5.41, 5.74) is 1.67. The molecule has 0 aromatic carbocycles. The van der Waals surface area contributed by atoms with Gasteiger partial charge in [0.15, 0.2) is 5.13 Å². The number of aromatic nitrogens is 2. The maximum absolute atomic E-state index is 9.30. The largest absolute Gasteiger partial charge is 0.391 e. The van der Waals surface area contributed by atoms with Crippen LogP contribution in [-0.4, -0.2) is 51.4 Å². The van der Waals surface area contributed by atoms with Gasteiger partial charge in [0.1, 0.15) is 11.6 Å². The molecule has 2 saturated heterocycles. The Morgan fingerprint density at radius 2 is 2.19 bits per heavy atom. The fourth-order valence-corrected chi connectivity index (χ4v) is 5.53. The van der Waals surface area contributed by atoms with Crippen molar-refractivity contribution in [3.8, 4) is 6.07 Å². The monoisotopic (exact) mass is 451 g/mol. The molecule has 4 rings (SSSR count). The Balaban J connectivity index is 1.56. The fraction of sp³-hybridized carbons (Fsp3) is 0.478. The number of pyridine rings is 1. The van der Waals surface area contributed by atoms with Crippen molar-refractivity contribution in [3.63, 3.8) is 0 Å². The van der Waals surface area contributed by atoms with E-state index in [1.807, 2.05) is 25.1 Å². The highest BCUT2D eigenvalue weighted by molar-refractivity contribution is 7.15. The minimum Gasteiger partial charge on any atom is -0.391 e. The first kappa shape index (κ1) is 22.4. The second-order valence-electron chi connectivity index (χ2n) is 8.21. The molecule has 9 heteroatoms. The maximum atomic E-state index is 9.30. The zero-order chi connectivity index (χ0) is 22.5. The van der Waals surface area contributed by atoms with Gasteiger partial charge in [-0.25, -0.2) is 9.97 Å².